The van der Waals surface area contributed by atoms with Crippen molar-refractivity contribution in [2.24, 2.45) is 0 Å². The molecule has 0 fully saturated rings. The molecule has 0 saturated carbocycles. The third-order valence-electron chi connectivity index (χ3n) is 5.60. The Morgan fingerprint density at radius 2 is 1.94 bits per heavy atom. The molecule has 1 aliphatic heterocycles. The zero-order chi connectivity index (χ0) is 23.0. The third kappa shape index (κ3) is 4.71. The standard InChI is InChI=1S/C23H25F2N3O2S2/c1-27(2)21-14-16-9-11-28(3)10-8-15(16)13-20(21)26-32(29,30)23-7-6-22(31-23)17-4-5-18(24)19(25)12-17/h4-7,9,12-14,20,26H,8,10-11H2,1-3H3. The van der Waals surface area contributed by atoms with Gasteiger partial charge in [-0.1, -0.05) is 18.2 Å². The highest BCUT2D eigenvalue weighted by Crippen LogP contribution is 2.33. The molecule has 0 amide bonds. The Morgan fingerprint density at radius 3 is 2.66 bits per heavy atom. The van der Waals surface area contributed by atoms with Gasteiger partial charge in [-0.2, -0.15) is 4.72 Å². The largest absolute Gasteiger partial charge is 0.379 e. The van der Waals surface area contributed by atoms with Crippen LogP contribution in [0.15, 0.2) is 69.6 Å². The van der Waals surface area contributed by atoms with Crippen molar-refractivity contribution in [3.8, 4) is 10.4 Å². The molecule has 1 aliphatic carbocycles. The fraction of sp³-hybridized carbons (Fsp3) is 0.304. The summed E-state index contributed by atoms with van der Waals surface area (Å²) in [4.78, 5) is 4.68. The summed E-state index contributed by atoms with van der Waals surface area (Å²) >= 11 is 1.02. The fourth-order valence-electron chi connectivity index (χ4n) is 3.80. The molecule has 2 heterocycles. The Balaban J connectivity index is 1.62. The van der Waals surface area contributed by atoms with Crippen LogP contribution >= 0.6 is 11.3 Å². The molecule has 4 rings (SSSR count). The van der Waals surface area contributed by atoms with Crippen LogP contribution in [0.2, 0.25) is 0 Å². The van der Waals surface area contributed by atoms with Crippen molar-refractivity contribution >= 4 is 21.4 Å². The number of sulfonamides is 1. The summed E-state index contributed by atoms with van der Waals surface area (Å²) in [5.41, 5.74) is 3.54. The van der Waals surface area contributed by atoms with Gasteiger partial charge in [-0.25, -0.2) is 17.2 Å². The van der Waals surface area contributed by atoms with Crippen molar-refractivity contribution in [1.82, 2.24) is 14.5 Å². The predicted molar refractivity (Wildman–Crippen MR) is 124 cm³/mol. The molecule has 1 aromatic heterocycles. The maximum Gasteiger partial charge on any atom is 0.250 e. The highest BCUT2D eigenvalue weighted by Gasteiger charge is 2.28. The van der Waals surface area contributed by atoms with Gasteiger partial charge in [-0.05, 0) is 60.5 Å². The topological polar surface area (TPSA) is 52.6 Å². The number of hydrogen-bond acceptors (Lipinski definition) is 5. The summed E-state index contributed by atoms with van der Waals surface area (Å²) in [5.74, 6) is -1.91. The lowest BCUT2D eigenvalue weighted by molar-refractivity contribution is 0.380. The van der Waals surface area contributed by atoms with Gasteiger partial charge in [-0.3, -0.25) is 0 Å². The van der Waals surface area contributed by atoms with Gasteiger partial charge >= 0.3 is 0 Å². The molecule has 1 atom stereocenters. The van der Waals surface area contributed by atoms with E-state index in [1.54, 1.807) is 6.07 Å². The smallest absolute Gasteiger partial charge is 0.250 e. The van der Waals surface area contributed by atoms with Crippen LogP contribution in [0.4, 0.5) is 8.78 Å². The first kappa shape index (κ1) is 22.8. The number of nitrogens with one attached hydrogen (secondary N) is 1. The van der Waals surface area contributed by atoms with E-state index in [2.05, 4.69) is 22.7 Å². The van der Waals surface area contributed by atoms with E-state index in [0.29, 0.717) is 10.4 Å². The van der Waals surface area contributed by atoms with Gasteiger partial charge in [0.1, 0.15) is 4.21 Å². The molecule has 2 aromatic rings. The molecular formula is C23H25F2N3O2S2. The Morgan fingerprint density at radius 1 is 1.16 bits per heavy atom. The molecule has 9 heteroatoms. The van der Waals surface area contributed by atoms with Crippen LogP contribution in [0.1, 0.15) is 6.42 Å². The van der Waals surface area contributed by atoms with Gasteiger partial charge in [0.15, 0.2) is 11.6 Å². The Kier molecular flexibility index (Phi) is 6.35. The van der Waals surface area contributed by atoms with E-state index in [4.69, 9.17) is 0 Å². The van der Waals surface area contributed by atoms with E-state index in [9.17, 15) is 17.2 Å². The van der Waals surface area contributed by atoms with Crippen molar-refractivity contribution in [3.05, 3.63) is 77.0 Å². The highest BCUT2D eigenvalue weighted by molar-refractivity contribution is 7.91. The zero-order valence-corrected chi connectivity index (χ0v) is 19.7. The monoisotopic (exact) mass is 477 g/mol. The average Bonchev–Trinajstić information content (AvgIpc) is 3.17. The van der Waals surface area contributed by atoms with Crippen LogP contribution in [-0.4, -0.2) is 58.5 Å². The van der Waals surface area contributed by atoms with Crippen LogP contribution < -0.4 is 4.72 Å². The van der Waals surface area contributed by atoms with Gasteiger partial charge in [0.05, 0.1) is 6.04 Å². The Labute approximate surface area is 191 Å². The highest BCUT2D eigenvalue weighted by atomic mass is 32.2. The van der Waals surface area contributed by atoms with Crippen LogP contribution in [0.5, 0.6) is 0 Å². The molecule has 1 unspecified atom stereocenters. The van der Waals surface area contributed by atoms with Crippen LogP contribution in [-0.2, 0) is 10.0 Å². The molecule has 0 radical (unpaired) electrons. The number of benzene rings is 1. The summed E-state index contributed by atoms with van der Waals surface area (Å²) in [7, 11) is 2.01. The average molecular weight is 478 g/mol. The SMILES string of the molecule is CN1CC=C2C=C(N(C)C)C(NS(=O)(=O)c3ccc(-c4ccc(F)c(F)c4)s3)C=C2CC1. The van der Waals surface area contributed by atoms with Crippen LogP contribution in [0.3, 0.4) is 0 Å². The van der Waals surface area contributed by atoms with E-state index in [0.717, 1.165) is 59.8 Å². The van der Waals surface area contributed by atoms with Gasteiger partial charge in [0.2, 0.25) is 0 Å². The zero-order valence-electron chi connectivity index (χ0n) is 18.1. The summed E-state index contributed by atoms with van der Waals surface area (Å²) in [6.07, 6.45) is 7.04. The molecule has 170 valence electrons. The number of rotatable bonds is 5. The molecule has 1 aromatic carbocycles. The van der Waals surface area contributed by atoms with Crippen LogP contribution in [0.25, 0.3) is 10.4 Å². The van der Waals surface area contributed by atoms with E-state index in [1.807, 2.05) is 31.1 Å². The normalized spacial score (nSPS) is 19.5. The molecule has 0 saturated heterocycles. The Hall–Kier alpha value is -2.33. The van der Waals surface area contributed by atoms with E-state index >= 15 is 0 Å². The second kappa shape index (κ2) is 8.90. The molecule has 2 aliphatic rings. The lowest BCUT2D eigenvalue weighted by Crippen LogP contribution is -2.40. The van der Waals surface area contributed by atoms with Gasteiger partial charge in [-0.15, -0.1) is 11.3 Å². The number of likely N-dealkylation sites (N-methyl/N-ethyl adjacent to an activating group) is 2. The number of halogens is 2. The maximum absolute atomic E-state index is 13.6. The molecule has 32 heavy (non-hydrogen) atoms. The molecular weight excluding hydrogens is 452 g/mol. The van der Waals surface area contributed by atoms with Crippen molar-refractivity contribution in [3.63, 3.8) is 0 Å². The molecule has 0 bridgehead atoms. The van der Waals surface area contributed by atoms with Crippen molar-refractivity contribution in [2.75, 3.05) is 34.2 Å². The molecule has 1 N–H and O–H groups in total. The summed E-state index contributed by atoms with van der Waals surface area (Å²) < 4.78 is 56.1. The number of nitrogens with zero attached hydrogens (tertiary/aromatic N) is 2. The molecule has 0 spiro atoms. The maximum atomic E-state index is 13.6. The first-order chi connectivity index (χ1) is 15.1. The van der Waals surface area contributed by atoms with Crippen LogP contribution in [0, 0.1) is 11.6 Å². The minimum atomic E-state index is -3.83. The second-order valence-electron chi connectivity index (χ2n) is 8.17. The summed E-state index contributed by atoms with van der Waals surface area (Å²) in [6, 6.07) is 6.14. The number of thiophene rings is 1. The lowest BCUT2D eigenvalue weighted by atomic mass is 9.92. The van der Waals surface area contributed by atoms with Gasteiger partial charge in [0.25, 0.3) is 10.0 Å². The molecule has 5 nitrogen and oxygen atoms in total. The summed E-state index contributed by atoms with van der Waals surface area (Å²) in [5, 5.41) is 0. The summed E-state index contributed by atoms with van der Waals surface area (Å²) in [6.45, 7) is 1.75. The van der Waals surface area contributed by atoms with Crippen molar-refractivity contribution in [2.45, 2.75) is 16.7 Å². The number of allylic oxidation sites excluding steroid dienone is 2. The first-order valence-corrected chi connectivity index (χ1v) is 12.5. The lowest BCUT2D eigenvalue weighted by Gasteiger charge is -2.29. The number of fused-ring (bicyclic) bond motifs is 1. The quantitative estimate of drug-likeness (QED) is 0.708. The minimum Gasteiger partial charge on any atom is -0.379 e. The predicted octanol–water partition coefficient (Wildman–Crippen LogP) is 3.99. The second-order valence-corrected chi connectivity index (χ2v) is 11.2. The Bertz CT molecular complexity index is 1230. The number of hydrogen-bond donors (Lipinski definition) is 1. The minimum absolute atomic E-state index is 0.121. The first-order valence-electron chi connectivity index (χ1n) is 10.2. The van der Waals surface area contributed by atoms with Gasteiger partial charge in [0, 0.05) is 37.8 Å². The van der Waals surface area contributed by atoms with Crippen molar-refractivity contribution < 1.29 is 17.2 Å². The van der Waals surface area contributed by atoms with E-state index in [1.165, 1.54) is 12.1 Å². The third-order valence-corrected chi connectivity index (χ3v) is 8.66. The van der Waals surface area contributed by atoms with E-state index in [-0.39, 0.29) is 4.21 Å². The van der Waals surface area contributed by atoms with E-state index < -0.39 is 27.7 Å². The fourth-order valence-corrected chi connectivity index (χ4v) is 6.27. The van der Waals surface area contributed by atoms with Crippen molar-refractivity contribution in [1.29, 1.82) is 0 Å². The van der Waals surface area contributed by atoms with Gasteiger partial charge < -0.3 is 9.80 Å².